The number of guanidine groups is 1. The second-order valence-corrected chi connectivity index (χ2v) is 7.62. The van der Waals surface area contributed by atoms with Gasteiger partial charge in [0.05, 0.1) is 11.4 Å². The van der Waals surface area contributed by atoms with Crippen molar-refractivity contribution in [2.75, 3.05) is 31.1 Å². The Bertz CT molecular complexity index is 1050. The number of benzene rings is 1. The molecule has 1 fully saturated rings. The molecular formula is C23H27F2N7. The molecule has 168 valence electrons. The normalized spacial score (nSPS) is 16.4. The third-order valence-electron chi connectivity index (χ3n) is 5.29. The van der Waals surface area contributed by atoms with E-state index in [0.717, 1.165) is 36.9 Å². The van der Waals surface area contributed by atoms with E-state index < -0.39 is 0 Å². The molecule has 0 aliphatic carbocycles. The lowest BCUT2D eigenvalue weighted by molar-refractivity contribution is 0.612. The fourth-order valence-electron chi connectivity index (χ4n) is 3.71. The topological polar surface area (TPSA) is 70.4 Å². The second-order valence-electron chi connectivity index (χ2n) is 7.62. The Kier molecular flexibility index (Phi) is 6.94. The van der Waals surface area contributed by atoms with Gasteiger partial charge in [0.2, 0.25) is 0 Å². The standard InChI is InChI=1S/C23H27F2N7/c1-2-26-23(29-19-10-14-31(16-19)22-21(25)4-3-12-27-22)28-13-9-18-11-15-32(30-18)20-7-5-17(24)6-8-20/h3-8,11-12,15,19H,2,9-10,13-14,16H2,1H3,(H2,26,28,29). The van der Waals surface area contributed by atoms with Gasteiger partial charge in [0, 0.05) is 51.0 Å². The Labute approximate surface area is 186 Å². The summed E-state index contributed by atoms with van der Waals surface area (Å²) in [5.74, 6) is 0.567. The molecule has 1 aromatic carbocycles. The third kappa shape index (κ3) is 5.40. The van der Waals surface area contributed by atoms with E-state index in [1.165, 1.54) is 18.2 Å². The van der Waals surface area contributed by atoms with Crippen LogP contribution in [0.1, 0.15) is 19.0 Å². The van der Waals surface area contributed by atoms with Crippen LogP contribution in [-0.2, 0) is 6.42 Å². The predicted octanol–water partition coefficient (Wildman–Crippen LogP) is 2.92. The van der Waals surface area contributed by atoms with Crippen LogP contribution in [0.2, 0.25) is 0 Å². The molecule has 32 heavy (non-hydrogen) atoms. The number of rotatable bonds is 7. The van der Waals surface area contributed by atoms with Gasteiger partial charge in [-0.2, -0.15) is 5.10 Å². The quantitative estimate of drug-likeness (QED) is 0.438. The van der Waals surface area contributed by atoms with E-state index >= 15 is 0 Å². The fourth-order valence-corrected chi connectivity index (χ4v) is 3.71. The minimum Gasteiger partial charge on any atom is -0.357 e. The van der Waals surface area contributed by atoms with Crippen LogP contribution < -0.4 is 15.5 Å². The first-order valence-electron chi connectivity index (χ1n) is 10.8. The first-order valence-corrected chi connectivity index (χ1v) is 10.8. The van der Waals surface area contributed by atoms with Gasteiger partial charge in [-0.05, 0) is 55.8 Å². The molecule has 3 aromatic rings. The van der Waals surface area contributed by atoms with Crippen molar-refractivity contribution in [1.29, 1.82) is 0 Å². The molecule has 4 rings (SSSR count). The number of hydrogen-bond acceptors (Lipinski definition) is 4. The largest absolute Gasteiger partial charge is 0.357 e. The van der Waals surface area contributed by atoms with Crippen molar-refractivity contribution >= 4 is 11.8 Å². The monoisotopic (exact) mass is 439 g/mol. The molecule has 0 spiro atoms. The van der Waals surface area contributed by atoms with Crippen LogP contribution in [0.15, 0.2) is 59.9 Å². The highest BCUT2D eigenvalue weighted by molar-refractivity contribution is 5.80. The number of pyridine rings is 1. The minimum atomic E-state index is -0.297. The first-order chi connectivity index (χ1) is 15.6. The number of nitrogens with zero attached hydrogens (tertiary/aromatic N) is 5. The van der Waals surface area contributed by atoms with Gasteiger partial charge in [0.25, 0.3) is 0 Å². The number of hydrogen-bond donors (Lipinski definition) is 2. The van der Waals surface area contributed by atoms with Crippen molar-refractivity contribution in [3.05, 3.63) is 72.2 Å². The smallest absolute Gasteiger partial charge is 0.191 e. The fraction of sp³-hybridized carbons (Fsp3) is 0.348. The molecule has 0 bridgehead atoms. The van der Waals surface area contributed by atoms with Crippen molar-refractivity contribution in [1.82, 2.24) is 25.4 Å². The van der Waals surface area contributed by atoms with Crippen LogP contribution in [-0.4, -0.2) is 52.9 Å². The van der Waals surface area contributed by atoms with Gasteiger partial charge in [-0.15, -0.1) is 0 Å². The lowest BCUT2D eigenvalue weighted by atomic mass is 10.3. The van der Waals surface area contributed by atoms with Crippen LogP contribution in [0, 0.1) is 11.6 Å². The van der Waals surface area contributed by atoms with Crippen LogP contribution in [0.25, 0.3) is 5.69 Å². The van der Waals surface area contributed by atoms with Crippen molar-refractivity contribution in [2.24, 2.45) is 4.99 Å². The third-order valence-corrected chi connectivity index (χ3v) is 5.29. The summed E-state index contributed by atoms with van der Waals surface area (Å²) in [6.45, 7) is 4.75. The molecule has 9 heteroatoms. The molecule has 2 N–H and O–H groups in total. The van der Waals surface area contributed by atoms with Gasteiger partial charge in [-0.3, -0.25) is 4.99 Å². The second kappa shape index (κ2) is 10.2. The van der Waals surface area contributed by atoms with Crippen molar-refractivity contribution in [2.45, 2.75) is 25.8 Å². The highest BCUT2D eigenvalue weighted by Crippen LogP contribution is 2.20. The highest BCUT2D eigenvalue weighted by atomic mass is 19.1. The molecule has 0 saturated carbocycles. The lowest BCUT2D eigenvalue weighted by Crippen LogP contribution is -2.44. The summed E-state index contributed by atoms with van der Waals surface area (Å²) < 4.78 is 28.9. The average molecular weight is 440 g/mol. The maximum absolute atomic E-state index is 14.0. The average Bonchev–Trinajstić information content (AvgIpc) is 3.45. The summed E-state index contributed by atoms with van der Waals surface area (Å²) in [7, 11) is 0. The van der Waals surface area contributed by atoms with E-state index in [9.17, 15) is 8.78 Å². The van der Waals surface area contributed by atoms with Crippen molar-refractivity contribution in [3.8, 4) is 5.69 Å². The Morgan fingerprint density at radius 3 is 2.81 bits per heavy atom. The predicted molar refractivity (Wildman–Crippen MR) is 121 cm³/mol. The summed E-state index contributed by atoms with van der Waals surface area (Å²) in [6, 6.07) is 11.4. The van der Waals surface area contributed by atoms with Gasteiger partial charge in [-0.1, -0.05) is 0 Å². The van der Waals surface area contributed by atoms with Gasteiger partial charge in [-0.25, -0.2) is 18.4 Å². The molecule has 3 heterocycles. The van der Waals surface area contributed by atoms with E-state index in [4.69, 9.17) is 0 Å². The molecular weight excluding hydrogens is 412 g/mol. The van der Waals surface area contributed by atoms with Crippen molar-refractivity contribution in [3.63, 3.8) is 0 Å². The maximum Gasteiger partial charge on any atom is 0.191 e. The van der Waals surface area contributed by atoms with Crippen molar-refractivity contribution < 1.29 is 8.78 Å². The zero-order valence-corrected chi connectivity index (χ0v) is 18.0. The number of halogens is 2. The number of anilines is 1. The van der Waals surface area contributed by atoms with E-state index in [1.807, 2.05) is 24.1 Å². The molecule has 1 aliphatic rings. The van der Waals surface area contributed by atoms with Gasteiger partial charge >= 0.3 is 0 Å². The SMILES string of the molecule is CCNC(=NCCc1ccn(-c2ccc(F)cc2)n1)NC1CCN(c2ncccc2F)C1. The zero-order valence-electron chi connectivity index (χ0n) is 18.0. The molecule has 0 amide bonds. The Hall–Kier alpha value is -3.49. The molecule has 1 aliphatic heterocycles. The van der Waals surface area contributed by atoms with E-state index in [1.54, 1.807) is 29.1 Å². The molecule has 2 aromatic heterocycles. The summed E-state index contributed by atoms with van der Waals surface area (Å²) in [6.07, 6.45) is 5.03. The number of nitrogens with one attached hydrogen (secondary N) is 2. The Balaban J connectivity index is 1.32. The van der Waals surface area contributed by atoms with Crippen LogP contribution in [0.5, 0.6) is 0 Å². The Morgan fingerprint density at radius 2 is 2.03 bits per heavy atom. The molecule has 1 unspecified atom stereocenters. The minimum absolute atomic E-state index is 0.159. The lowest BCUT2D eigenvalue weighted by Gasteiger charge is -2.19. The number of aromatic nitrogens is 3. The zero-order chi connectivity index (χ0) is 22.3. The van der Waals surface area contributed by atoms with E-state index in [2.05, 4.69) is 25.7 Å². The summed E-state index contributed by atoms with van der Waals surface area (Å²) in [5, 5.41) is 11.3. The highest BCUT2D eigenvalue weighted by Gasteiger charge is 2.25. The Morgan fingerprint density at radius 1 is 1.19 bits per heavy atom. The van der Waals surface area contributed by atoms with Crippen LogP contribution in [0.3, 0.4) is 0 Å². The first kappa shape index (κ1) is 21.7. The van der Waals surface area contributed by atoms with Gasteiger partial charge in [0.1, 0.15) is 5.82 Å². The molecule has 1 saturated heterocycles. The summed E-state index contributed by atoms with van der Waals surface area (Å²) in [5.41, 5.74) is 1.72. The number of aliphatic imine (C=N–C) groups is 1. The van der Waals surface area contributed by atoms with Gasteiger partial charge in [0.15, 0.2) is 17.6 Å². The molecule has 1 atom stereocenters. The van der Waals surface area contributed by atoms with E-state index in [-0.39, 0.29) is 17.7 Å². The van der Waals surface area contributed by atoms with E-state index in [0.29, 0.717) is 25.3 Å². The molecule has 7 nitrogen and oxygen atoms in total. The van der Waals surface area contributed by atoms with Crippen LogP contribution in [0.4, 0.5) is 14.6 Å². The molecule has 0 radical (unpaired) electrons. The summed E-state index contributed by atoms with van der Waals surface area (Å²) in [4.78, 5) is 10.8. The van der Waals surface area contributed by atoms with Gasteiger partial charge < -0.3 is 15.5 Å². The summed E-state index contributed by atoms with van der Waals surface area (Å²) >= 11 is 0. The maximum atomic E-state index is 14.0. The van der Waals surface area contributed by atoms with Crippen LogP contribution >= 0.6 is 0 Å².